The maximum absolute atomic E-state index is 12.8. The summed E-state index contributed by atoms with van der Waals surface area (Å²) < 4.78 is 21.6. The first-order valence-electron chi connectivity index (χ1n) is 12.3. The van der Waals surface area contributed by atoms with Crippen molar-refractivity contribution in [2.45, 2.75) is 38.5 Å². The summed E-state index contributed by atoms with van der Waals surface area (Å²) >= 11 is 0. The number of oxime groups is 1. The van der Waals surface area contributed by atoms with Gasteiger partial charge in [-0.1, -0.05) is 13.2 Å². The molecule has 198 valence electrons. The van der Waals surface area contributed by atoms with E-state index in [1.807, 2.05) is 0 Å². The van der Waals surface area contributed by atoms with E-state index in [1.165, 1.54) is 6.08 Å². The minimum atomic E-state index is -0.404. The topological polar surface area (TPSA) is 104 Å². The highest BCUT2D eigenvalue weighted by atomic mass is 16.5. The minimum absolute atomic E-state index is 0.0718. The number of hydrogen-bond acceptors (Lipinski definition) is 8. The second-order valence-corrected chi connectivity index (χ2v) is 8.06. The zero-order valence-electron chi connectivity index (χ0n) is 21.1. The van der Waals surface area contributed by atoms with E-state index in [0.717, 1.165) is 44.6 Å². The molecule has 0 bridgehead atoms. The molecule has 0 atom stereocenters. The summed E-state index contributed by atoms with van der Waals surface area (Å²) in [4.78, 5) is 23.7. The molecular weight excluding hydrogens is 474 g/mol. The molecule has 0 aliphatic heterocycles. The predicted octanol–water partition coefficient (Wildman–Crippen LogP) is 5.74. The van der Waals surface area contributed by atoms with Gasteiger partial charge < -0.3 is 24.2 Å². The molecule has 0 saturated carbocycles. The van der Waals surface area contributed by atoms with Crippen LogP contribution in [0.3, 0.4) is 0 Å². The van der Waals surface area contributed by atoms with Crippen LogP contribution >= 0.6 is 0 Å². The fourth-order valence-electron chi connectivity index (χ4n) is 3.25. The Morgan fingerprint density at radius 2 is 1.14 bits per heavy atom. The van der Waals surface area contributed by atoms with E-state index in [1.54, 1.807) is 48.5 Å². The molecule has 0 unspecified atom stereocenters. The van der Waals surface area contributed by atoms with Gasteiger partial charge in [0.1, 0.15) is 11.5 Å². The minimum Gasteiger partial charge on any atom is -0.494 e. The van der Waals surface area contributed by atoms with Crippen LogP contribution in [-0.2, 0) is 14.3 Å². The van der Waals surface area contributed by atoms with Gasteiger partial charge in [0, 0.05) is 17.2 Å². The lowest BCUT2D eigenvalue weighted by Gasteiger charge is -2.09. The maximum atomic E-state index is 12.8. The van der Waals surface area contributed by atoms with Gasteiger partial charge in [-0.15, -0.1) is 0 Å². The van der Waals surface area contributed by atoms with Crippen molar-refractivity contribution in [2.75, 3.05) is 26.4 Å². The molecule has 37 heavy (non-hydrogen) atoms. The zero-order chi connectivity index (χ0) is 26.7. The highest BCUT2D eigenvalue weighted by molar-refractivity contribution is 6.09. The number of benzene rings is 2. The molecule has 1 N–H and O–H groups in total. The van der Waals surface area contributed by atoms with E-state index in [-0.39, 0.29) is 11.7 Å². The van der Waals surface area contributed by atoms with Gasteiger partial charge in [-0.25, -0.2) is 4.79 Å². The first kappa shape index (κ1) is 29.2. The molecule has 8 nitrogen and oxygen atoms in total. The SMILES string of the molecule is C=CC(=O)OCCCCCOc1ccc(C(=O)c2ccc(OCCCCCOC(C=C)=NO)cc2)cc1. The van der Waals surface area contributed by atoms with Crippen LogP contribution in [0.15, 0.2) is 79.0 Å². The first-order chi connectivity index (χ1) is 18.1. The van der Waals surface area contributed by atoms with Crippen LogP contribution in [-0.4, -0.2) is 49.3 Å². The van der Waals surface area contributed by atoms with Gasteiger partial charge in [-0.2, -0.15) is 0 Å². The number of esters is 1. The second kappa shape index (κ2) is 17.4. The van der Waals surface area contributed by atoms with Gasteiger partial charge in [-0.05, 0) is 98.3 Å². The largest absolute Gasteiger partial charge is 0.494 e. The Bertz CT molecular complexity index is 1010. The van der Waals surface area contributed by atoms with Crippen molar-refractivity contribution in [1.82, 2.24) is 0 Å². The molecule has 2 rings (SSSR count). The molecule has 2 aromatic carbocycles. The van der Waals surface area contributed by atoms with Crippen molar-refractivity contribution >= 4 is 17.7 Å². The fraction of sp³-hybridized carbons (Fsp3) is 0.345. The second-order valence-electron chi connectivity index (χ2n) is 8.06. The Kier molecular flexibility index (Phi) is 13.7. The van der Waals surface area contributed by atoms with Crippen molar-refractivity contribution in [2.24, 2.45) is 5.16 Å². The Hall–Kier alpha value is -4.07. The van der Waals surface area contributed by atoms with E-state index >= 15 is 0 Å². The Balaban J connectivity index is 1.65. The summed E-state index contributed by atoms with van der Waals surface area (Å²) in [7, 11) is 0. The molecule has 0 spiro atoms. The molecule has 0 aliphatic rings. The summed E-state index contributed by atoms with van der Waals surface area (Å²) in [6.07, 6.45) is 7.56. The third-order valence-corrected chi connectivity index (χ3v) is 5.28. The Labute approximate surface area is 218 Å². The molecule has 0 saturated heterocycles. The number of carbonyl (C=O) groups excluding carboxylic acids is 2. The van der Waals surface area contributed by atoms with Gasteiger partial charge in [0.25, 0.3) is 0 Å². The van der Waals surface area contributed by atoms with E-state index in [9.17, 15) is 9.59 Å². The van der Waals surface area contributed by atoms with Crippen molar-refractivity contribution in [3.8, 4) is 11.5 Å². The molecule has 8 heteroatoms. The number of rotatable bonds is 18. The average molecular weight is 510 g/mol. The molecule has 0 aliphatic carbocycles. The van der Waals surface area contributed by atoms with Crippen molar-refractivity contribution in [3.63, 3.8) is 0 Å². The molecule has 0 aromatic heterocycles. The van der Waals surface area contributed by atoms with Gasteiger partial charge >= 0.3 is 5.97 Å². The number of hydrogen-bond donors (Lipinski definition) is 1. The van der Waals surface area contributed by atoms with Gasteiger partial charge in [-0.3, -0.25) is 4.79 Å². The molecule has 0 amide bonds. The van der Waals surface area contributed by atoms with E-state index < -0.39 is 5.97 Å². The van der Waals surface area contributed by atoms with Crippen LogP contribution in [0.4, 0.5) is 0 Å². The summed E-state index contributed by atoms with van der Waals surface area (Å²) in [5.74, 6) is 1.05. The third-order valence-electron chi connectivity index (χ3n) is 5.28. The number of carbonyl (C=O) groups is 2. The summed E-state index contributed by atoms with van der Waals surface area (Å²) in [6.45, 7) is 8.77. The zero-order valence-corrected chi connectivity index (χ0v) is 21.1. The highest BCUT2D eigenvalue weighted by Crippen LogP contribution is 2.19. The number of ketones is 1. The monoisotopic (exact) mass is 509 g/mol. The average Bonchev–Trinajstić information content (AvgIpc) is 2.94. The smallest absolute Gasteiger partial charge is 0.330 e. The molecule has 0 fully saturated rings. The van der Waals surface area contributed by atoms with Crippen LogP contribution in [0.25, 0.3) is 0 Å². The van der Waals surface area contributed by atoms with Crippen LogP contribution in [0.5, 0.6) is 11.5 Å². The van der Waals surface area contributed by atoms with Crippen LogP contribution in [0.1, 0.15) is 54.4 Å². The Morgan fingerprint density at radius 3 is 1.57 bits per heavy atom. The summed E-state index contributed by atoms with van der Waals surface area (Å²) in [5.41, 5.74) is 1.16. The van der Waals surface area contributed by atoms with E-state index in [2.05, 4.69) is 18.3 Å². The molecule has 0 heterocycles. The number of unbranched alkanes of at least 4 members (excludes halogenated alkanes) is 4. The van der Waals surface area contributed by atoms with Crippen molar-refractivity contribution in [3.05, 3.63) is 85.0 Å². The van der Waals surface area contributed by atoms with Crippen molar-refractivity contribution < 1.29 is 33.7 Å². The van der Waals surface area contributed by atoms with Gasteiger partial charge in [0.15, 0.2) is 5.78 Å². The van der Waals surface area contributed by atoms with Crippen molar-refractivity contribution in [1.29, 1.82) is 0 Å². The van der Waals surface area contributed by atoms with E-state index in [4.69, 9.17) is 24.2 Å². The summed E-state index contributed by atoms with van der Waals surface area (Å²) in [5, 5.41) is 11.6. The normalized spacial score (nSPS) is 10.9. The van der Waals surface area contributed by atoms with E-state index in [0.29, 0.717) is 49.1 Å². The molecular formula is C29H35NO7. The molecule has 0 radical (unpaired) electrons. The van der Waals surface area contributed by atoms with Gasteiger partial charge in [0.05, 0.1) is 26.4 Å². The van der Waals surface area contributed by atoms with Crippen LogP contribution < -0.4 is 9.47 Å². The number of ether oxygens (including phenoxy) is 4. The van der Waals surface area contributed by atoms with Crippen LogP contribution in [0.2, 0.25) is 0 Å². The quantitative estimate of drug-likeness (QED) is 0.0400. The third kappa shape index (κ3) is 11.5. The van der Waals surface area contributed by atoms with Gasteiger partial charge in [0.2, 0.25) is 5.90 Å². The fourth-order valence-corrected chi connectivity index (χ4v) is 3.25. The molecule has 2 aromatic rings. The van der Waals surface area contributed by atoms with Crippen LogP contribution in [0, 0.1) is 0 Å². The lowest BCUT2D eigenvalue weighted by Crippen LogP contribution is -2.04. The highest BCUT2D eigenvalue weighted by Gasteiger charge is 2.09. The predicted molar refractivity (Wildman–Crippen MR) is 142 cm³/mol. The number of nitrogens with zero attached hydrogens (tertiary/aromatic N) is 1. The lowest BCUT2D eigenvalue weighted by molar-refractivity contribution is -0.137. The Morgan fingerprint density at radius 1 is 0.676 bits per heavy atom. The first-order valence-corrected chi connectivity index (χ1v) is 12.3. The lowest BCUT2D eigenvalue weighted by atomic mass is 10.0. The summed E-state index contributed by atoms with van der Waals surface area (Å²) in [6, 6.07) is 14.2. The maximum Gasteiger partial charge on any atom is 0.330 e. The standard InChI is InChI=1S/C29H35NO7/c1-3-27(30-33)36-21-9-5-7-19-34-25-15-11-23(12-16-25)29(32)24-13-17-26(18-14-24)35-20-8-6-10-22-37-28(31)4-2/h3-4,11-18,33H,1-2,5-10,19-22H2.